The molecule has 1 saturated carbocycles. The van der Waals surface area contributed by atoms with Crippen molar-refractivity contribution in [3.05, 3.63) is 23.3 Å². The quantitative estimate of drug-likeness (QED) is 0.892. The van der Waals surface area contributed by atoms with Gasteiger partial charge < -0.3 is 15.2 Å². The molecule has 100 valence electrons. The predicted molar refractivity (Wildman–Crippen MR) is 73.3 cm³/mol. The first-order valence-corrected chi connectivity index (χ1v) is 6.62. The number of rotatable bonds is 4. The van der Waals surface area contributed by atoms with Gasteiger partial charge in [0.2, 0.25) is 0 Å². The molecule has 3 heteroatoms. The Kier molecular flexibility index (Phi) is 4.12. The molecule has 0 aliphatic heterocycles. The second-order valence-electron chi connectivity index (χ2n) is 5.19. The van der Waals surface area contributed by atoms with Crippen molar-refractivity contribution in [2.24, 2.45) is 11.7 Å². The van der Waals surface area contributed by atoms with Crippen LogP contribution in [0.25, 0.3) is 0 Å². The molecule has 0 spiro atoms. The molecule has 1 aromatic carbocycles. The van der Waals surface area contributed by atoms with Gasteiger partial charge >= 0.3 is 0 Å². The van der Waals surface area contributed by atoms with Gasteiger partial charge in [-0.3, -0.25) is 0 Å². The van der Waals surface area contributed by atoms with Gasteiger partial charge in [0.05, 0.1) is 14.2 Å². The Bertz CT molecular complexity index is 417. The first kappa shape index (κ1) is 13.2. The Labute approximate surface area is 109 Å². The third-order valence-electron chi connectivity index (χ3n) is 4.00. The monoisotopic (exact) mass is 249 g/mol. The van der Waals surface area contributed by atoms with Crippen molar-refractivity contribution in [1.29, 1.82) is 0 Å². The largest absolute Gasteiger partial charge is 0.496 e. The van der Waals surface area contributed by atoms with Crippen LogP contribution in [0.2, 0.25) is 0 Å². The summed E-state index contributed by atoms with van der Waals surface area (Å²) in [5, 5.41) is 0. The zero-order valence-electron chi connectivity index (χ0n) is 11.5. The molecule has 2 N–H and O–H groups in total. The van der Waals surface area contributed by atoms with E-state index in [4.69, 9.17) is 15.2 Å². The minimum atomic E-state index is 0.335. The summed E-state index contributed by atoms with van der Waals surface area (Å²) in [7, 11) is 3.43. The molecule has 1 aliphatic carbocycles. The lowest BCUT2D eigenvalue weighted by Gasteiger charge is -2.18. The van der Waals surface area contributed by atoms with Crippen molar-refractivity contribution in [2.45, 2.75) is 38.6 Å². The second-order valence-corrected chi connectivity index (χ2v) is 5.19. The Hall–Kier alpha value is -1.22. The van der Waals surface area contributed by atoms with Crippen molar-refractivity contribution in [1.82, 2.24) is 0 Å². The van der Waals surface area contributed by atoms with E-state index in [0.717, 1.165) is 29.9 Å². The SMILES string of the molecule is COc1cc(CC2CCCC2N)c(OC)cc1C. The lowest BCUT2D eigenvalue weighted by Crippen LogP contribution is -2.26. The maximum absolute atomic E-state index is 6.15. The highest BCUT2D eigenvalue weighted by molar-refractivity contribution is 5.46. The Morgan fingerprint density at radius 3 is 2.44 bits per heavy atom. The standard InChI is InChI=1S/C15H23NO2/c1-10-7-15(18-3)12(9-14(10)17-2)8-11-5-4-6-13(11)16/h7,9,11,13H,4-6,8,16H2,1-3H3. The van der Waals surface area contributed by atoms with E-state index in [1.165, 1.54) is 18.4 Å². The van der Waals surface area contributed by atoms with Crippen molar-refractivity contribution < 1.29 is 9.47 Å². The summed E-state index contributed by atoms with van der Waals surface area (Å²) in [6.07, 6.45) is 4.61. The molecule has 2 rings (SSSR count). The lowest BCUT2D eigenvalue weighted by atomic mass is 9.93. The van der Waals surface area contributed by atoms with Crippen molar-refractivity contribution in [2.75, 3.05) is 14.2 Å². The topological polar surface area (TPSA) is 44.5 Å². The zero-order valence-corrected chi connectivity index (χ0v) is 11.5. The molecular formula is C15H23NO2. The van der Waals surface area contributed by atoms with Gasteiger partial charge in [-0.25, -0.2) is 0 Å². The third-order valence-corrected chi connectivity index (χ3v) is 4.00. The van der Waals surface area contributed by atoms with E-state index in [2.05, 4.69) is 12.1 Å². The smallest absolute Gasteiger partial charge is 0.122 e. The minimum absolute atomic E-state index is 0.335. The normalized spacial score (nSPS) is 23.1. The summed E-state index contributed by atoms with van der Waals surface area (Å²) in [5.41, 5.74) is 8.46. The molecule has 0 saturated heterocycles. The second kappa shape index (κ2) is 5.61. The molecule has 2 unspecified atom stereocenters. The van der Waals surface area contributed by atoms with E-state index in [0.29, 0.717) is 12.0 Å². The van der Waals surface area contributed by atoms with Crippen LogP contribution in [0.3, 0.4) is 0 Å². The molecule has 3 nitrogen and oxygen atoms in total. The Morgan fingerprint density at radius 1 is 1.17 bits per heavy atom. The summed E-state index contributed by atoms with van der Waals surface area (Å²) in [5.74, 6) is 2.45. The summed E-state index contributed by atoms with van der Waals surface area (Å²) >= 11 is 0. The van der Waals surface area contributed by atoms with Crippen molar-refractivity contribution >= 4 is 0 Å². The van der Waals surface area contributed by atoms with Crippen molar-refractivity contribution in [3.63, 3.8) is 0 Å². The van der Waals surface area contributed by atoms with Gasteiger partial charge in [-0.15, -0.1) is 0 Å². The van der Waals surface area contributed by atoms with Gasteiger partial charge in [0, 0.05) is 6.04 Å². The number of benzene rings is 1. The lowest BCUT2D eigenvalue weighted by molar-refractivity contribution is 0.389. The average molecular weight is 249 g/mol. The molecule has 0 aromatic heterocycles. The van der Waals surface area contributed by atoms with Crippen molar-refractivity contribution in [3.8, 4) is 11.5 Å². The van der Waals surface area contributed by atoms with E-state index in [1.807, 2.05) is 6.92 Å². The van der Waals surface area contributed by atoms with Gasteiger partial charge in [-0.2, -0.15) is 0 Å². The first-order chi connectivity index (χ1) is 8.65. The molecule has 1 aromatic rings. The van der Waals surface area contributed by atoms with Crippen LogP contribution in [0.5, 0.6) is 11.5 Å². The molecule has 18 heavy (non-hydrogen) atoms. The maximum Gasteiger partial charge on any atom is 0.122 e. The van der Waals surface area contributed by atoms with Gasteiger partial charge in [0.15, 0.2) is 0 Å². The van der Waals surface area contributed by atoms with Crippen LogP contribution >= 0.6 is 0 Å². The molecule has 1 aliphatic rings. The van der Waals surface area contributed by atoms with Crippen LogP contribution in [0, 0.1) is 12.8 Å². The highest BCUT2D eigenvalue weighted by Gasteiger charge is 2.25. The number of ether oxygens (including phenoxy) is 2. The fraction of sp³-hybridized carbons (Fsp3) is 0.600. The summed E-state index contributed by atoms with van der Waals surface area (Å²) in [6, 6.07) is 4.48. The fourth-order valence-electron chi connectivity index (χ4n) is 2.87. The molecule has 0 heterocycles. The Morgan fingerprint density at radius 2 is 1.89 bits per heavy atom. The average Bonchev–Trinajstić information content (AvgIpc) is 2.76. The van der Waals surface area contributed by atoms with Gasteiger partial charge in [0.25, 0.3) is 0 Å². The van der Waals surface area contributed by atoms with Crippen LogP contribution < -0.4 is 15.2 Å². The Balaban J connectivity index is 2.24. The van der Waals surface area contributed by atoms with Crippen LogP contribution in [0.1, 0.15) is 30.4 Å². The number of methoxy groups -OCH3 is 2. The summed E-state index contributed by atoms with van der Waals surface area (Å²) in [6.45, 7) is 2.03. The van der Waals surface area contributed by atoms with Crippen LogP contribution in [-0.2, 0) is 6.42 Å². The number of hydrogen-bond acceptors (Lipinski definition) is 3. The molecule has 2 atom stereocenters. The minimum Gasteiger partial charge on any atom is -0.496 e. The zero-order chi connectivity index (χ0) is 13.1. The highest BCUT2D eigenvalue weighted by atomic mass is 16.5. The van der Waals surface area contributed by atoms with Gasteiger partial charge in [-0.05, 0) is 55.4 Å². The number of aryl methyl sites for hydroxylation is 1. The van der Waals surface area contributed by atoms with E-state index < -0.39 is 0 Å². The van der Waals surface area contributed by atoms with Gasteiger partial charge in [-0.1, -0.05) is 6.42 Å². The molecule has 0 amide bonds. The summed E-state index contributed by atoms with van der Waals surface area (Å²) < 4.78 is 10.9. The molecule has 0 radical (unpaired) electrons. The van der Waals surface area contributed by atoms with E-state index in [9.17, 15) is 0 Å². The van der Waals surface area contributed by atoms with Crippen LogP contribution in [-0.4, -0.2) is 20.3 Å². The highest BCUT2D eigenvalue weighted by Crippen LogP contribution is 2.34. The van der Waals surface area contributed by atoms with E-state index in [-0.39, 0.29) is 0 Å². The first-order valence-electron chi connectivity index (χ1n) is 6.62. The number of nitrogens with two attached hydrogens (primary N) is 1. The van der Waals surface area contributed by atoms with E-state index in [1.54, 1.807) is 14.2 Å². The third kappa shape index (κ3) is 2.61. The fourth-order valence-corrected chi connectivity index (χ4v) is 2.87. The molecular weight excluding hydrogens is 226 g/mol. The molecule has 1 fully saturated rings. The van der Waals surface area contributed by atoms with E-state index >= 15 is 0 Å². The molecule has 0 bridgehead atoms. The van der Waals surface area contributed by atoms with Crippen LogP contribution in [0.4, 0.5) is 0 Å². The maximum atomic E-state index is 6.15. The number of hydrogen-bond donors (Lipinski definition) is 1. The predicted octanol–water partition coefficient (Wildman–Crippen LogP) is 2.68. The van der Waals surface area contributed by atoms with Gasteiger partial charge in [0.1, 0.15) is 11.5 Å². The summed E-state index contributed by atoms with van der Waals surface area (Å²) in [4.78, 5) is 0. The van der Waals surface area contributed by atoms with Crippen LogP contribution in [0.15, 0.2) is 12.1 Å².